The van der Waals surface area contributed by atoms with Gasteiger partial charge in [0.2, 0.25) is 0 Å². The maximum Gasteiger partial charge on any atom is 0.335 e. The van der Waals surface area contributed by atoms with Gasteiger partial charge in [-0.15, -0.1) is 0 Å². The molecule has 0 aliphatic rings. The molecule has 4 nitrogen and oxygen atoms in total. The van der Waals surface area contributed by atoms with Crippen LogP contribution in [0.3, 0.4) is 0 Å². The number of ether oxygens (including phenoxy) is 1. The number of nitriles is 1. The van der Waals surface area contributed by atoms with Gasteiger partial charge in [0.05, 0.1) is 28.1 Å². The van der Waals surface area contributed by atoms with Crippen molar-refractivity contribution in [3.05, 3.63) is 28.2 Å². The molecule has 0 saturated heterocycles. The second-order valence-corrected chi connectivity index (χ2v) is 5.75. The molecule has 0 amide bonds. The van der Waals surface area contributed by atoms with Gasteiger partial charge in [0, 0.05) is 0 Å². The predicted octanol–water partition coefficient (Wildman–Crippen LogP) is 3.86. The van der Waals surface area contributed by atoms with Crippen molar-refractivity contribution >= 4 is 21.9 Å². The zero-order valence-corrected chi connectivity index (χ0v) is 12.5. The Labute approximate surface area is 121 Å². The number of benzene rings is 1. The highest BCUT2D eigenvalue weighted by Gasteiger charge is 2.16. The van der Waals surface area contributed by atoms with Crippen molar-refractivity contribution in [1.82, 2.24) is 0 Å². The number of carboxylic acids is 1. The quantitative estimate of drug-likeness (QED) is 0.806. The molecular formula is C14H16BrNO3. The highest BCUT2D eigenvalue weighted by molar-refractivity contribution is 9.10. The summed E-state index contributed by atoms with van der Waals surface area (Å²) in [6.07, 6.45) is 1.53. The Hall–Kier alpha value is -1.54. The van der Waals surface area contributed by atoms with Gasteiger partial charge in [-0.2, -0.15) is 5.26 Å². The average Bonchev–Trinajstić information content (AvgIpc) is 2.36. The highest BCUT2D eigenvalue weighted by atomic mass is 79.9. The summed E-state index contributed by atoms with van der Waals surface area (Å²) in [6.45, 7) is 4.28. The van der Waals surface area contributed by atoms with Crippen molar-refractivity contribution in [3.8, 4) is 11.8 Å². The number of hydrogen-bond acceptors (Lipinski definition) is 3. The number of hydrogen-bond donors (Lipinski definition) is 1. The average molecular weight is 326 g/mol. The van der Waals surface area contributed by atoms with Crippen LogP contribution < -0.4 is 4.74 Å². The van der Waals surface area contributed by atoms with E-state index in [1.807, 2.05) is 13.8 Å². The third-order valence-corrected chi connectivity index (χ3v) is 3.30. The van der Waals surface area contributed by atoms with Crippen molar-refractivity contribution in [3.63, 3.8) is 0 Å². The van der Waals surface area contributed by atoms with Gasteiger partial charge in [-0.25, -0.2) is 4.79 Å². The molecule has 19 heavy (non-hydrogen) atoms. The Balaban J connectivity index is 2.51. The summed E-state index contributed by atoms with van der Waals surface area (Å²) in [6, 6.07) is 6.88. The zero-order chi connectivity index (χ0) is 14.5. The van der Waals surface area contributed by atoms with Gasteiger partial charge in [0.25, 0.3) is 0 Å². The third kappa shape index (κ3) is 4.92. The van der Waals surface area contributed by atoms with Gasteiger partial charge >= 0.3 is 5.97 Å². The first kappa shape index (κ1) is 15.5. The summed E-state index contributed by atoms with van der Waals surface area (Å²) >= 11 is 3.28. The first-order valence-corrected chi connectivity index (χ1v) is 6.72. The minimum Gasteiger partial charge on any atom is -0.492 e. The molecule has 0 atom stereocenters. The lowest BCUT2D eigenvalue weighted by Gasteiger charge is -2.15. The SMILES string of the molecule is CC(C)(C#N)CCCOc1ccc(C(=O)O)cc1Br. The Morgan fingerprint density at radius 1 is 1.53 bits per heavy atom. The molecule has 0 aliphatic heterocycles. The van der Waals surface area contributed by atoms with E-state index in [4.69, 9.17) is 15.1 Å². The Kier molecular flexibility index (Phi) is 5.37. The van der Waals surface area contributed by atoms with E-state index in [1.54, 1.807) is 6.07 Å². The number of carboxylic acid groups (broad SMARTS) is 1. The number of rotatable bonds is 6. The van der Waals surface area contributed by atoms with E-state index in [1.165, 1.54) is 12.1 Å². The van der Waals surface area contributed by atoms with Crippen molar-refractivity contribution in [1.29, 1.82) is 5.26 Å². The van der Waals surface area contributed by atoms with E-state index in [9.17, 15) is 4.79 Å². The molecule has 0 unspecified atom stereocenters. The topological polar surface area (TPSA) is 70.3 Å². The van der Waals surface area contributed by atoms with Crippen molar-refractivity contribution < 1.29 is 14.6 Å². The van der Waals surface area contributed by atoms with Crippen LogP contribution in [-0.4, -0.2) is 17.7 Å². The fourth-order valence-electron chi connectivity index (χ4n) is 1.50. The summed E-state index contributed by atoms with van der Waals surface area (Å²) < 4.78 is 6.18. The van der Waals surface area contributed by atoms with Crippen molar-refractivity contribution in [2.24, 2.45) is 5.41 Å². The minimum absolute atomic E-state index is 0.213. The van der Waals surface area contributed by atoms with Crippen LogP contribution in [-0.2, 0) is 0 Å². The molecule has 1 aromatic rings. The number of nitrogens with zero attached hydrogens (tertiary/aromatic N) is 1. The lowest BCUT2D eigenvalue weighted by molar-refractivity contribution is 0.0696. The van der Waals surface area contributed by atoms with Crippen LogP contribution in [0.1, 0.15) is 37.0 Å². The molecular weight excluding hydrogens is 310 g/mol. The summed E-state index contributed by atoms with van der Waals surface area (Å²) in [5.41, 5.74) is -0.127. The van der Waals surface area contributed by atoms with Crippen LogP contribution in [0, 0.1) is 16.7 Å². The zero-order valence-electron chi connectivity index (χ0n) is 10.9. The molecule has 5 heteroatoms. The Morgan fingerprint density at radius 3 is 2.74 bits per heavy atom. The number of halogens is 1. The highest BCUT2D eigenvalue weighted by Crippen LogP contribution is 2.27. The number of aromatic carboxylic acids is 1. The molecule has 102 valence electrons. The van der Waals surface area contributed by atoms with Gasteiger partial charge < -0.3 is 9.84 Å². The minimum atomic E-state index is -0.969. The molecule has 0 heterocycles. The third-order valence-electron chi connectivity index (χ3n) is 2.69. The Bertz CT molecular complexity index is 506. The molecule has 1 rings (SSSR count). The van der Waals surface area contributed by atoms with E-state index in [0.29, 0.717) is 16.8 Å². The summed E-state index contributed by atoms with van der Waals surface area (Å²) in [5, 5.41) is 17.7. The second-order valence-electron chi connectivity index (χ2n) is 4.90. The maximum atomic E-state index is 10.8. The second kappa shape index (κ2) is 6.58. The van der Waals surface area contributed by atoms with Gasteiger partial charge in [0.15, 0.2) is 0 Å². The molecule has 0 bridgehead atoms. The monoisotopic (exact) mass is 325 g/mol. The molecule has 1 aromatic carbocycles. The molecule has 1 N–H and O–H groups in total. The van der Waals surface area contributed by atoms with Crippen LogP contribution in [0.5, 0.6) is 5.75 Å². The smallest absolute Gasteiger partial charge is 0.335 e. The molecule has 0 saturated carbocycles. The van der Waals surface area contributed by atoms with Crippen LogP contribution in [0.25, 0.3) is 0 Å². The van der Waals surface area contributed by atoms with Gasteiger partial charge in [-0.3, -0.25) is 0 Å². The first-order valence-electron chi connectivity index (χ1n) is 5.92. The van der Waals surface area contributed by atoms with Crippen LogP contribution in [0.4, 0.5) is 0 Å². The molecule has 0 aromatic heterocycles. The summed E-state index contributed by atoms with van der Waals surface area (Å²) in [5.74, 6) is -0.359. The van der Waals surface area contributed by atoms with E-state index < -0.39 is 5.97 Å². The van der Waals surface area contributed by atoms with Crippen LogP contribution in [0.15, 0.2) is 22.7 Å². The van der Waals surface area contributed by atoms with Crippen LogP contribution >= 0.6 is 15.9 Å². The predicted molar refractivity (Wildman–Crippen MR) is 75.2 cm³/mol. The van der Waals surface area contributed by atoms with Crippen LogP contribution in [0.2, 0.25) is 0 Å². The lowest BCUT2D eigenvalue weighted by atomic mass is 9.90. The Morgan fingerprint density at radius 2 is 2.21 bits per heavy atom. The van der Waals surface area contributed by atoms with E-state index >= 15 is 0 Å². The molecule has 0 fully saturated rings. The first-order chi connectivity index (χ1) is 8.85. The molecule has 0 aliphatic carbocycles. The maximum absolute atomic E-state index is 10.8. The van der Waals surface area contributed by atoms with E-state index in [-0.39, 0.29) is 11.0 Å². The van der Waals surface area contributed by atoms with E-state index in [2.05, 4.69) is 22.0 Å². The standard InChI is InChI=1S/C14H16BrNO3/c1-14(2,9-16)6-3-7-19-12-5-4-10(13(17)18)8-11(12)15/h4-5,8H,3,6-7H2,1-2H3,(H,17,18). The molecule has 0 radical (unpaired) electrons. The normalized spacial score (nSPS) is 10.8. The van der Waals surface area contributed by atoms with Crippen molar-refractivity contribution in [2.45, 2.75) is 26.7 Å². The molecule has 0 spiro atoms. The largest absolute Gasteiger partial charge is 0.492 e. The lowest BCUT2D eigenvalue weighted by Crippen LogP contribution is -2.10. The summed E-state index contributed by atoms with van der Waals surface area (Å²) in [7, 11) is 0. The fraction of sp³-hybridized carbons (Fsp3) is 0.429. The van der Waals surface area contributed by atoms with E-state index in [0.717, 1.165) is 12.8 Å². The van der Waals surface area contributed by atoms with Gasteiger partial charge in [-0.05, 0) is 60.8 Å². The number of carbonyl (C=O) groups is 1. The fourth-order valence-corrected chi connectivity index (χ4v) is 2.00. The summed E-state index contributed by atoms with van der Waals surface area (Å²) in [4.78, 5) is 10.8. The van der Waals surface area contributed by atoms with Gasteiger partial charge in [0.1, 0.15) is 5.75 Å². The van der Waals surface area contributed by atoms with Crippen molar-refractivity contribution in [2.75, 3.05) is 6.61 Å². The van der Waals surface area contributed by atoms with Gasteiger partial charge in [-0.1, -0.05) is 0 Å².